The molecule has 0 unspecified atom stereocenters. The fraction of sp³-hybridized carbons (Fsp3) is 0.200. The number of pyridine rings is 1. The normalized spacial score (nSPS) is 14.7. The van der Waals surface area contributed by atoms with Crippen molar-refractivity contribution < 1.29 is 13.9 Å². The number of hydrogen-bond acceptors (Lipinski definition) is 4. The first-order valence-corrected chi connectivity index (χ1v) is 10.3. The van der Waals surface area contributed by atoms with Crippen molar-refractivity contribution in [1.82, 2.24) is 14.8 Å². The molecule has 0 aliphatic carbocycles. The summed E-state index contributed by atoms with van der Waals surface area (Å²) in [4.78, 5) is 20.6. The van der Waals surface area contributed by atoms with Crippen LogP contribution in [0.25, 0.3) is 6.08 Å². The number of halogens is 1. The molecule has 0 radical (unpaired) electrons. The van der Waals surface area contributed by atoms with Crippen molar-refractivity contribution in [1.29, 1.82) is 0 Å². The van der Waals surface area contributed by atoms with Crippen molar-refractivity contribution in [3.63, 3.8) is 0 Å². The van der Waals surface area contributed by atoms with E-state index in [2.05, 4.69) is 22.0 Å². The van der Waals surface area contributed by atoms with E-state index in [1.54, 1.807) is 36.5 Å². The van der Waals surface area contributed by atoms with Gasteiger partial charge in [0.25, 0.3) is 0 Å². The first-order valence-electron chi connectivity index (χ1n) is 10.3. The van der Waals surface area contributed by atoms with Gasteiger partial charge in [-0.3, -0.25) is 14.7 Å². The van der Waals surface area contributed by atoms with Gasteiger partial charge in [0.1, 0.15) is 5.75 Å². The van der Waals surface area contributed by atoms with Crippen molar-refractivity contribution in [3.05, 3.63) is 96.1 Å². The van der Waals surface area contributed by atoms with Crippen molar-refractivity contribution in [2.45, 2.75) is 6.54 Å². The molecule has 0 N–H and O–H groups in total. The maximum Gasteiger partial charge on any atom is 0.246 e. The number of ether oxygens (including phenoxy) is 1. The van der Waals surface area contributed by atoms with Crippen LogP contribution in [-0.4, -0.2) is 46.9 Å². The number of hydrogen-bond donors (Lipinski definition) is 0. The molecule has 1 aliphatic heterocycles. The highest BCUT2D eigenvalue weighted by molar-refractivity contribution is 5.91. The second-order valence-electron chi connectivity index (χ2n) is 7.40. The highest BCUT2D eigenvalue weighted by atomic mass is 19.1. The number of nitrogens with zero attached hydrogens (tertiary/aromatic N) is 3. The lowest BCUT2D eigenvalue weighted by atomic mass is 10.2. The van der Waals surface area contributed by atoms with E-state index in [9.17, 15) is 9.18 Å². The summed E-state index contributed by atoms with van der Waals surface area (Å²) in [5.41, 5.74) is 1.88. The summed E-state index contributed by atoms with van der Waals surface area (Å²) < 4.78 is 19.9. The summed E-state index contributed by atoms with van der Waals surface area (Å²) in [5, 5.41) is 0. The van der Waals surface area contributed by atoms with Gasteiger partial charge in [-0.1, -0.05) is 36.4 Å². The van der Waals surface area contributed by atoms with Gasteiger partial charge < -0.3 is 9.64 Å². The average Bonchev–Trinajstić information content (AvgIpc) is 2.81. The fourth-order valence-electron chi connectivity index (χ4n) is 3.48. The van der Waals surface area contributed by atoms with E-state index >= 15 is 0 Å². The number of amides is 1. The van der Waals surface area contributed by atoms with E-state index in [0.717, 1.165) is 19.6 Å². The maximum atomic E-state index is 14.4. The number of piperazine rings is 1. The van der Waals surface area contributed by atoms with Crippen LogP contribution >= 0.6 is 0 Å². The Labute approximate surface area is 181 Å². The van der Waals surface area contributed by atoms with Crippen LogP contribution in [0.2, 0.25) is 0 Å². The minimum atomic E-state index is -0.493. The summed E-state index contributed by atoms with van der Waals surface area (Å²) >= 11 is 0. The maximum absolute atomic E-state index is 14.4. The molecule has 1 aliphatic rings. The van der Waals surface area contributed by atoms with Gasteiger partial charge in [0.2, 0.25) is 5.91 Å². The Kier molecular flexibility index (Phi) is 6.69. The van der Waals surface area contributed by atoms with Crippen molar-refractivity contribution >= 4 is 12.0 Å². The van der Waals surface area contributed by atoms with Crippen LogP contribution in [-0.2, 0) is 11.3 Å². The Morgan fingerprint density at radius 2 is 1.84 bits per heavy atom. The molecule has 1 amide bonds. The van der Waals surface area contributed by atoms with Crippen LogP contribution in [0.3, 0.4) is 0 Å². The lowest BCUT2D eigenvalue weighted by Crippen LogP contribution is -2.47. The molecule has 0 saturated carbocycles. The van der Waals surface area contributed by atoms with Gasteiger partial charge in [-0.25, -0.2) is 4.39 Å². The standard InChI is InChI=1S/C25H24FN3O2/c26-23-17-20(8-10-24(23)31-22-7-4-12-27-18-22)9-11-25(30)29-15-13-28(14-16-29)19-21-5-2-1-3-6-21/h1-12,17-18H,13-16,19H2/b11-9+. The summed E-state index contributed by atoms with van der Waals surface area (Å²) in [6, 6.07) is 18.4. The summed E-state index contributed by atoms with van der Waals surface area (Å²) in [6.07, 6.45) is 6.28. The summed E-state index contributed by atoms with van der Waals surface area (Å²) in [7, 11) is 0. The summed E-state index contributed by atoms with van der Waals surface area (Å²) in [5.74, 6) is 0.0284. The molecular weight excluding hydrogens is 393 g/mol. The van der Waals surface area contributed by atoms with Crippen LogP contribution in [0.4, 0.5) is 4.39 Å². The molecule has 6 heteroatoms. The predicted octanol–water partition coefficient (Wildman–Crippen LogP) is 4.37. The van der Waals surface area contributed by atoms with Gasteiger partial charge >= 0.3 is 0 Å². The molecular formula is C25H24FN3O2. The Morgan fingerprint density at radius 1 is 1.03 bits per heavy atom. The van der Waals surface area contributed by atoms with Crippen LogP contribution in [0, 0.1) is 5.82 Å². The van der Waals surface area contributed by atoms with E-state index in [0.29, 0.717) is 24.4 Å². The molecule has 1 fully saturated rings. The van der Waals surface area contributed by atoms with Crippen molar-refractivity contribution in [3.8, 4) is 11.5 Å². The van der Waals surface area contributed by atoms with E-state index in [-0.39, 0.29) is 11.7 Å². The molecule has 4 rings (SSSR count). The average molecular weight is 417 g/mol. The third-order valence-corrected chi connectivity index (χ3v) is 5.17. The van der Waals surface area contributed by atoms with Crippen molar-refractivity contribution in [2.24, 2.45) is 0 Å². The zero-order chi connectivity index (χ0) is 21.5. The molecule has 0 bridgehead atoms. The second-order valence-corrected chi connectivity index (χ2v) is 7.40. The largest absolute Gasteiger partial charge is 0.453 e. The van der Waals surface area contributed by atoms with Crippen LogP contribution in [0.5, 0.6) is 11.5 Å². The first kappa shape index (κ1) is 20.8. The van der Waals surface area contributed by atoms with E-state index in [1.165, 1.54) is 23.9 Å². The van der Waals surface area contributed by atoms with Crippen LogP contribution < -0.4 is 4.74 Å². The molecule has 3 aromatic rings. The highest BCUT2D eigenvalue weighted by Crippen LogP contribution is 2.25. The molecule has 2 heterocycles. The number of carbonyl (C=O) groups excluding carboxylic acids is 1. The minimum absolute atomic E-state index is 0.0598. The number of rotatable bonds is 6. The van der Waals surface area contributed by atoms with E-state index in [4.69, 9.17) is 4.74 Å². The van der Waals surface area contributed by atoms with E-state index in [1.807, 2.05) is 23.1 Å². The summed E-state index contributed by atoms with van der Waals surface area (Å²) in [6.45, 7) is 3.93. The minimum Gasteiger partial charge on any atom is -0.453 e. The zero-order valence-electron chi connectivity index (χ0n) is 17.2. The molecule has 1 aromatic heterocycles. The number of carbonyl (C=O) groups is 1. The molecule has 5 nitrogen and oxygen atoms in total. The Hall–Kier alpha value is -3.51. The second kappa shape index (κ2) is 10.00. The van der Waals surface area contributed by atoms with Gasteiger partial charge in [0.05, 0.1) is 6.20 Å². The third kappa shape index (κ3) is 5.77. The van der Waals surface area contributed by atoms with Gasteiger partial charge in [-0.15, -0.1) is 0 Å². The SMILES string of the molecule is O=C(/C=C/c1ccc(Oc2cccnc2)c(F)c1)N1CCN(Cc2ccccc2)CC1. The molecule has 31 heavy (non-hydrogen) atoms. The quantitative estimate of drug-likeness (QED) is 0.559. The molecule has 1 saturated heterocycles. The molecule has 0 atom stereocenters. The van der Waals surface area contributed by atoms with Crippen LogP contribution in [0.15, 0.2) is 79.1 Å². The fourth-order valence-corrected chi connectivity index (χ4v) is 3.48. The number of benzene rings is 2. The lowest BCUT2D eigenvalue weighted by molar-refractivity contribution is -0.127. The van der Waals surface area contributed by atoms with E-state index < -0.39 is 5.82 Å². The smallest absolute Gasteiger partial charge is 0.246 e. The van der Waals surface area contributed by atoms with Crippen molar-refractivity contribution in [2.75, 3.05) is 26.2 Å². The van der Waals surface area contributed by atoms with Gasteiger partial charge in [-0.2, -0.15) is 0 Å². The topological polar surface area (TPSA) is 45.7 Å². The highest BCUT2D eigenvalue weighted by Gasteiger charge is 2.19. The Bertz CT molecular complexity index is 1030. The number of aromatic nitrogens is 1. The Balaban J connectivity index is 1.29. The molecule has 2 aromatic carbocycles. The monoisotopic (exact) mass is 417 g/mol. The van der Waals surface area contributed by atoms with Gasteiger partial charge in [-0.05, 0) is 41.5 Å². The third-order valence-electron chi connectivity index (χ3n) is 5.17. The molecule has 0 spiro atoms. The molecule has 158 valence electrons. The van der Waals surface area contributed by atoms with Crippen LogP contribution in [0.1, 0.15) is 11.1 Å². The van der Waals surface area contributed by atoms with Gasteiger partial charge in [0.15, 0.2) is 11.6 Å². The zero-order valence-corrected chi connectivity index (χ0v) is 17.2. The predicted molar refractivity (Wildman–Crippen MR) is 118 cm³/mol. The Morgan fingerprint density at radius 3 is 2.55 bits per heavy atom. The first-order chi connectivity index (χ1) is 15.2. The van der Waals surface area contributed by atoms with Gasteiger partial charge in [0, 0.05) is 45.0 Å². The lowest BCUT2D eigenvalue weighted by Gasteiger charge is -2.34.